The molecule has 112 valence electrons. The molecular formula is C18H17NO3. The van der Waals surface area contributed by atoms with Crippen molar-refractivity contribution in [3.63, 3.8) is 0 Å². The largest absolute Gasteiger partial charge is 0.481 e. The minimum absolute atomic E-state index is 0.190. The number of nitrogens with zero attached hydrogens (tertiary/aromatic N) is 1. The van der Waals surface area contributed by atoms with Crippen molar-refractivity contribution in [2.24, 2.45) is 0 Å². The van der Waals surface area contributed by atoms with E-state index in [-0.39, 0.29) is 5.91 Å². The third-order valence-corrected chi connectivity index (χ3v) is 4.53. The molecule has 4 heteroatoms. The quantitative estimate of drug-likeness (QED) is 0.947. The first-order valence-electron chi connectivity index (χ1n) is 7.13. The first kappa shape index (κ1) is 14.3. The van der Waals surface area contributed by atoms with Gasteiger partial charge in [-0.3, -0.25) is 9.59 Å². The number of carbonyl (C=O) groups is 2. The Bertz CT molecular complexity index is 741. The number of amides is 1. The zero-order valence-corrected chi connectivity index (χ0v) is 12.5. The Labute approximate surface area is 129 Å². The highest BCUT2D eigenvalue weighted by atomic mass is 16.4. The maximum atomic E-state index is 12.9. The van der Waals surface area contributed by atoms with Gasteiger partial charge in [0.25, 0.3) is 0 Å². The number of para-hydroxylation sites is 1. The zero-order valence-electron chi connectivity index (χ0n) is 12.5. The SMILES string of the molecule is CN1C(=O)C(C)(C(C(=O)O)c2ccccc2)c2ccccc21. The molecule has 2 aromatic rings. The number of carboxylic acid groups (broad SMARTS) is 1. The van der Waals surface area contributed by atoms with Crippen LogP contribution in [0.4, 0.5) is 5.69 Å². The molecule has 0 aliphatic carbocycles. The lowest BCUT2D eigenvalue weighted by molar-refractivity contribution is -0.143. The number of likely N-dealkylation sites (N-methyl/N-ethyl adjacent to an activating group) is 1. The van der Waals surface area contributed by atoms with Crippen LogP contribution in [-0.4, -0.2) is 24.0 Å². The van der Waals surface area contributed by atoms with E-state index in [1.54, 1.807) is 43.1 Å². The summed E-state index contributed by atoms with van der Waals surface area (Å²) in [5, 5.41) is 9.81. The Morgan fingerprint density at radius 2 is 1.68 bits per heavy atom. The molecule has 1 amide bonds. The van der Waals surface area contributed by atoms with Crippen molar-refractivity contribution >= 4 is 17.6 Å². The number of benzene rings is 2. The second kappa shape index (κ2) is 4.98. The van der Waals surface area contributed by atoms with Gasteiger partial charge in [0.15, 0.2) is 0 Å². The molecule has 1 aliphatic heterocycles. The van der Waals surface area contributed by atoms with Gasteiger partial charge in [-0.05, 0) is 24.1 Å². The maximum Gasteiger partial charge on any atom is 0.312 e. The van der Waals surface area contributed by atoms with E-state index in [1.807, 2.05) is 30.3 Å². The number of hydrogen-bond acceptors (Lipinski definition) is 2. The summed E-state index contributed by atoms with van der Waals surface area (Å²) in [4.78, 5) is 26.4. The van der Waals surface area contributed by atoms with Gasteiger partial charge < -0.3 is 10.0 Å². The standard InChI is InChI=1S/C18H17NO3/c1-18(15(16(20)21)12-8-4-3-5-9-12)13-10-6-7-11-14(13)19(2)17(18)22/h3-11,15H,1-2H3,(H,20,21). The average Bonchev–Trinajstić information content (AvgIpc) is 2.71. The smallest absolute Gasteiger partial charge is 0.312 e. The molecule has 0 bridgehead atoms. The van der Waals surface area contributed by atoms with Crippen LogP contribution < -0.4 is 4.90 Å². The molecule has 3 rings (SSSR count). The van der Waals surface area contributed by atoms with Gasteiger partial charge in [-0.2, -0.15) is 0 Å². The lowest BCUT2D eigenvalue weighted by atomic mass is 9.69. The molecule has 0 saturated heterocycles. The molecule has 0 fully saturated rings. The van der Waals surface area contributed by atoms with Crippen LogP contribution in [0.3, 0.4) is 0 Å². The number of rotatable bonds is 3. The predicted molar refractivity (Wildman–Crippen MR) is 84.0 cm³/mol. The second-order valence-electron chi connectivity index (χ2n) is 5.77. The maximum absolute atomic E-state index is 12.9. The fraction of sp³-hybridized carbons (Fsp3) is 0.222. The van der Waals surface area contributed by atoms with Gasteiger partial charge >= 0.3 is 5.97 Å². The molecular weight excluding hydrogens is 278 g/mol. The highest BCUT2D eigenvalue weighted by Gasteiger charge is 2.54. The average molecular weight is 295 g/mol. The van der Waals surface area contributed by atoms with Crippen molar-refractivity contribution in [1.82, 2.24) is 0 Å². The predicted octanol–water partition coefficient (Wildman–Crippen LogP) is 2.79. The summed E-state index contributed by atoms with van der Waals surface area (Å²) >= 11 is 0. The third kappa shape index (κ3) is 1.84. The van der Waals surface area contributed by atoms with E-state index >= 15 is 0 Å². The van der Waals surface area contributed by atoms with Crippen LogP contribution in [-0.2, 0) is 15.0 Å². The molecule has 0 aromatic heterocycles. The van der Waals surface area contributed by atoms with E-state index in [0.717, 1.165) is 11.3 Å². The van der Waals surface area contributed by atoms with Gasteiger partial charge in [-0.1, -0.05) is 48.5 Å². The van der Waals surface area contributed by atoms with Crippen LogP contribution in [0.2, 0.25) is 0 Å². The van der Waals surface area contributed by atoms with Gasteiger partial charge in [0.1, 0.15) is 0 Å². The lowest BCUT2D eigenvalue weighted by Crippen LogP contribution is -2.44. The zero-order chi connectivity index (χ0) is 15.9. The van der Waals surface area contributed by atoms with Crippen LogP contribution in [0.1, 0.15) is 24.0 Å². The highest BCUT2D eigenvalue weighted by molar-refractivity contribution is 6.10. The number of carbonyl (C=O) groups excluding carboxylic acids is 1. The summed E-state index contributed by atoms with van der Waals surface area (Å²) < 4.78 is 0. The first-order chi connectivity index (χ1) is 10.5. The summed E-state index contributed by atoms with van der Waals surface area (Å²) in [7, 11) is 1.69. The fourth-order valence-electron chi connectivity index (χ4n) is 3.43. The molecule has 2 unspecified atom stereocenters. The van der Waals surface area contributed by atoms with Crippen LogP contribution in [0.15, 0.2) is 54.6 Å². The van der Waals surface area contributed by atoms with Crippen LogP contribution in [0, 0.1) is 0 Å². The van der Waals surface area contributed by atoms with E-state index in [4.69, 9.17) is 0 Å². The van der Waals surface area contributed by atoms with Crippen molar-refractivity contribution < 1.29 is 14.7 Å². The Morgan fingerprint density at radius 3 is 2.32 bits per heavy atom. The van der Waals surface area contributed by atoms with Gasteiger partial charge in [0.05, 0.1) is 11.3 Å². The normalized spacial score (nSPS) is 21.5. The monoisotopic (exact) mass is 295 g/mol. The van der Waals surface area contributed by atoms with Crippen molar-refractivity contribution in [1.29, 1.82) is 0 Å². The van der Waals surface area contributed by atoms with Gasteiger partial charge in [-0.15, -0.1) is 0 Å². The Balaban J connectivity index is 2.23. The summed E-state index contributed by atoms with van der Waals surface area (Å²) in [5.74, 6) is -2.11. The van der Waals surface area contributed by atoms with Crippen LogP contribution >= 0.6 is 0 Å². The van der Waals surface area contributed by atoms with E-state index in [1.165, 1.54) is 0 Å². The van der Waals surface area contributed by atoms with Crippen molar-refractivity contribution in [2.75, 3.05) is 11.9 Å². The number of hydrogen-bond donors (Lipinski definition) is 1. The van der Waals surface area contributed by atoms with E-state index < -0.39 is 17.3 Å². The summed E-state index contributed by atoms with van der Waals surface area (Å²) in [6.07, 6.45) is 0. The molecule has 1 aliphatic rings. The number of aliphatic carboxylic acids is 1. The summed E-state index contributed by atoms with van der Waals surface area (Å²) in [6.45, 7) is 1.73. The van der Waals surface area contributed by atoms with Crippen LogP contribution in [0.5, 0.6) is 0 Å². The highest BCUT2D eigenvalue weighted by Crippen LogP contribution is 2.49. The molecule has 2 atom stereocenters. The van der Waals surface area contributed by atoms with Gasteiger partial charge in [0, 0.05) is 12.7 Å². The van der Waals surface area contributed by atoms with E-state index in [0.29, 0.717) is 5.56 Å². The van der Waals surface area contributed by atoms with Crippen LogP contribution in [0.25, 0.3) is 0 Å². The van der Waals surface area contributed by atoms with Crippen molar-refractivity contribution in [3.05, 3.63) is 65.7 Å². The van der Waals surface area contributed by atoms with E-state index in [9.17, 15) is 14.7 Å². The Kier molecular flexibility index (Phi) is 3.24. The molecule has 22 heavy (non-hydrogen) atoms. The first-order valence-corrected chi connectivity index (χ1v) is 7.13. The molecule has 4 nitrogen and oxygen atoms in total. The molecule has 0 spiro atoms. The van der Waals surface area contributed by atoms with Crippen molar-refractivity contribution in [2.45, 2.75) is 18.3 Å². The molecule has 0 radical (unpaired) electrons. The summed E-state index contributed by atoms with van der Waals surface area (Å²) in [6, 6.07) is 16.3. The third-order valence-electron chi connectivity index (χ3n) is 4.53. The minimum atomic E-state index is -1.11. The number of carboxylic acids is 1. The van der Waals surface area contributed by atoms with Gasteiger partial charge in [-0.25, -0.2) is 0 Å². The molecule has 2 aromatic carbocycles. The number of anilines is 1. The topological polar surface area (TPSA) is 57.6 Å². The van der Waals surface area contributed by atoms with E-state index in [2.05, 4.69) is 0 Å². The Hall–Kier alpha value is -2.62. The Morgan fingerprint density at radius 1 is 1.09 bits per heavy atom. The molecule has 0 saturated carbocycles. The molecule has 1 heterocycles. The number of fused-ring (bicyclic) bond motifs is 1. The molecule has 1 N–H and O–H groups in total. The minimum Gasteiger partial charge on any atom is -0.481 e. The second-order valence-corrected chi connectivity index (χ2v) is 5.77. The summed E-state index contributed by atoms with van der Waals surface area (Å²) in [5.41, 5.74) is 1.06. The lowest BCUT2D eigenvalue weighted by Gasteiger charge is -2.30. The fourth-order valence-corrected chi connectivity index (χ4v) is 3.43. The van der Waals surface area contributed by atoms with Crippen molar-refractivity contribution in [3.8, 4) is 0 Å². The van der Waals surface area contributed by atoms with Gasteiger partial charge in [0.2, 0.25) is 5.91 Å².